The summed E-state index contributed by atoms with van der Waals surface area (Å²) in [6.07, 6.45) is 10.5. The zero-order chi connectivity index (χ0) is 13.1. The molecule has 19 heavy (non-hydrogen) atoms. The highest BCUT2D eigenvalue weighted by molar-refractivity contribution is 9.10. The molecule has 0 aliphatic heterocycles. The van der Waals surface area contributed by atoms with Gasteiger partial charge in [0.05, 0.1) is 6.54 Å². The predicted molar refractivity (Wildman–Crippen MR) is 83.8 cm³/mol. The zero-order valence-corrected chi connectivity index (χ0v) is 13.2. The number of hydrogen-bond donors (Lipinski definition) is 1. The molecule has 2 heterocycles. The normalized spacial score (nSPS) is 16.7. The Labute approximate surface area is 126 Å². The van der Waals surface area contributed by atoms with E-state index in [2.05, 4.69) is 48.4 Å². The molecule has 1 aliphatic rings. The van der Waals surface area contributed by atoms with Gasteiger partial charge in [-0.1, -0.05) is 19.3 Å². The van der Waals surface area contributed by atoms with Crippen LogP contribution >= 0.6 is 27.3 Å². The van der Waals surface area contributed by atoms with Crippen LogP contribution in [0.3, 0.4) is 0 Å². The second-order valence-electron chi connectivity index (χ2n) is 5.05. The Balaban J connectivity index is 1.69. The van der Waals surface area contributed by atoms with Crippen LogP contribution in [0.25, 0.3) is 0 Å². The van der Waals surface area contributed by atoms with Crippen LogP contribution in [0.15, 0.2) is 28.3 Å². The molecule has 0 radical (unpaired) electrons. The summed E-state index contributed by atoms with van der Waals surface area (Å²) in [5.41, 5.74) is 0. The van der Waals surface area contributed by atoms with Crippen molar-refractivity contribution in [1.29, 1.82) is 0 Å². The maximum absolute atomic E-state index is 4.46. The summed E-state index contributed by atoms with van der Waals surface area (Å²) in [6.45, 7) is 0.882. The van der Waals surface area contributed by atoms with E-state index in [-0.39, 0.29) is 0 Å². The van der Waals surface area contributed by atoms with Gasteiger partial charge in [-0.3, -0.25) is 0 Å². The average Bonchev–Trinajstić information content (AvgIpc) is 3.02. The van der Waals surface area contributed by atoms with Gasteiger partial charge in [0.15, 0.2) is 0 Å². The topological polar surface area (TPSA) is 29.9 Å². The van der Waals surface area contributed by atoms with Crippen LogP contribution in [-0.4, -0.2) is 15.6 Å². The van der Waals surface area contributed by atoms with E-state index >= 15 is 0 Å². The van der Waals surface area contributed by atoms with Gasteiger partial charge >= 0.3 is 0 Å². The third-order valence-electron chi connectivity index (χ3n) is 3.66. The minimum Gasteiger partial charge on any atom is -0.353 e. The van der Waals surface area contributed by atoms with E-state index in [1.165, 1.54) is 41.5 Å². The fraction of sp³-hybridized carbons (Fsp3) is 0.500. The molecule has 1 aliphatic carbocycles. The minimum atomic E-state index is 0.599. The molecule has 1 N–H and O–H groups in total. The summed E-state index contributed by atoms with van der Waals surface area (Å²) in [5, 5.41) is 5.72. The van der Waals surface area contributed by atoms with Crippen molar-refractivity contribution < 1.29 is 0 Å². The molecule has 102 valence electrons. The average molecular weight is 340 g/mol. The van der Waals surface area contributed by atoms with Crippen molar-refractivity contribution in [3.05, 3.63) is 33.2 Å². The molecular weight excluding hydrogens is 322 g/mol. The van der Waals surface area contributed by atoms with Gasteiger partial charge < -0.3 is 9.88 Å². The lowest BCUT2D eigenvalue weighted by molar-refractivity contribution is 0.459. The van der Waals surface area contributed by atoms with Gasteiger partial charge in [0.1, 0.15) is 0 Å². The number of imidazole rings is 1. The second kappa shape index (κ2) is 6.09. The van der Waals surface area contributed by atoms with E-state index in [9.17, 15) is 0 Å². The number of rotatable bonds is 4. The first-order valence-corrected chi connectivity index (χ1v) is 8.50. The number of halogens is 1. The number of hydrogen-bond acceptors (Lipinski definition) is 3. The number of thiophene rings is 1. The summed E-state index contributed by atoms with van der Waals surface area (Å²) in [7, 11) is 0. The van der Waals surface area contributed by atoms with Crippen molar-refractivity contribution >= 4 is 33.2 Å². The molecule has 2 aromatic rings. The third kappa shape index (κ3) is 3.20. The maximum Gasteiger partial charge on any atom is 0.203 e. The van der Waals surface area contributed by atoms with E-state index in [0.29, 0.717) is 6.04 Å². The second-order valence-corrected chi connectivity index (χ2v) is 6.90. The van der Waals surface area contributed by atoms with Gasteiger partial charge in [0, 0.05) is 27.8 Å². The smallest absolute Gasteiger partial charge is 0.203 e. The molecular formula is C14H18BrN3S. The molecule has 0 unspecified atom stereocenters. The van der Waals surface area contributed by atoms with Gasteiger partial charge in [0.25, 0.3) is 0 Å². The van der Waals surface area contributed by atoms with Crippen molar-refractivity contribution in [3.63, 3.8) is 0 Å². The van der Waals surface area contributed by atoms with Crippen molar-refractivity contribution in [2.45, 2.75) is 44.7 Å². The molecule has 0 saturated heterocycles. The Morgan fingerprint density at radius 1 is 1.37 bits per heavy atom. The summed E-state index contributed by atoms with van der Waals surface area (Å²) < 4.78 is 3.39. The number of aromatic nitrogens is 2. The molecule has 1 saturated carbocycles. The Morgan fingerprint density at radius 3 is 2.95 bits per heavy atom. The lowest BCUT2D eigenvalue weighted by Gasteiger charge is -2.23. The van der Waals surface area contributed by atoms with E-state index in [4.69, 9.17) is 0 Å². The first-order valence-electron chi connectivity index (χ1n) is 6.82. The maximum atomic E-state index is 4.46. The molecule has 1 fully saturated rings. The van der Waals surface area contributed by atoms with E-state index in [1.807, 2.05) is 6.20 Å². The highest BCUT2D eigenvalue weighted by Crippen LogP contribution is 2.25. The third-order valence-corrected chi connectivity index (χ3v) is 5.57. The van der Waals surface area contributed by atoms with Crippen molar-refractivity contribution in [3.8, 4) is 0 Å². The standard InChI is InChI=1S/C14H18BrN3S/c15-12-6-9-19-13(12)10-18-8-7-16-14(18)17-11-4-2-1-3-5-11/h6-9,11H,1-5,10H2,(H,16,17). The first kappa shape index (κ1) is 13.2. The first-order chi connectivity index (χ1) is 9.33. The zero-order valence-electron chi connectivity index (χ0n) is 10.8. The van der Waals surface area contributed by atoms with E-state index < -0.39 is 0 Å². The fourth-order valence-corrected chi connectivity index (χ4v) is 4.07. The molecule has 0 bridgehead atoms. The van der Waals surface area contributed by atoms with Crippen LogP contribution in [-0.2, 0) is 6.54 Å². The Hall–Kier alpha value is -0.810. The summed E-state index contributed by atoms with van der Waals surface area (Å²) in [5.74, 6) is 1.01. The number of nitrogens with zero attached hydrogens (tertiary/aromatic N) is 2. The SMILES string of the molecule is Brc1ccsc1Cn1ccnc1NC1CCCCC1. The Kier molecular flexibility index (Phi) is 4.23. The molecule has 3 nitrogen and oxygen atoms in total. The molecule has 0 amide bonds. The van der Waals surface area contributed by atoms with Crippen LogP contribution in [0, 0.1) is 0 Å². The Morgan fingerprint density at radius 2 is 2.21 bits per heavy atom. The number of anilines is 1. The van der Waals surface area contributed by atoms with E-state index in [1.54, 1.807) is 11.3 Å². The quantitative estimate of drug-likeness (QED) is 0.888. The summed E-state index contributed by atoms with van der Waals surface area (Å²) >= 11 is 5.37. The lowest BCUT2D eigenvalue weighted by atomic mass is 9.96. The molecule has 2 aromatic heterocycles. The molecule has 0 aromatic carbocycles. The summed E-state index contributed by atoms with van der Waals surface area (Å²) in [6, 6.07) is 2.70. The molecule has 5 heteroatoms. The minimum absolute atomic E-state index is 0.599. The highest BCUT2D eigenvalue weighted by atomic mass is 79.9. The van der Waals surface area contributed by atoms with Gasteiger partial charge in [0.2, 0.25) is 5.95 Å². The summed E-state index contributed by atoms with van der Waals surface area (Å²) in [4.78, 5) is 5.80. The van der Waals surface area contributed by atoms with Gasteiger partial charge in [-0.15, -0.1) is 11.3 Å². The van der Waals surface area contributed by atoms with E-state index in [0.717, 1.165) is 12.5 Å². The van der Waals surface area contributed by atoms with Crippen LogP contribution in [0.1, 0.15) is 37.0 Å². The lowest BCUT2D eigenvalue weighted by Crippen LogP contribution is -2.24. The fourth-order valence-electron chi connectivity index (χ4n) is 2.60. The highest BCUT2D eigenvalue weighted by Gasteiger charge is 2.15. The van der Waals surface area contributed by atoms with Crippen molar-refractivity contribution in [2.75, 3.05) is 5.32 Å². The van der Waals surface area contributed by atoms with Gasteiger partial charge in [-0.05, 0) is 40.2 Å². The largest absolute Gasteiger partial charge is 0.353 e. The van der Waals surface area contributed by atoms with Crippen LogP contribution in [0.5, 0.6) is 0 Å². The van der Waals surface area contributed by atoms with Crippen molar-refractivity contribution in [1.82, 2.24) is 9.55 Å². The van der Waals surface area contributed by atoms with Gasteiger partial charge in [-0.2, -0.15) is 0 Å². The van der Waals surface area contributed by atoms with Crippen molar-refractivity contribution in [2.24, 2.45) is 0 Å². The van der Waals surface area contributed by atoms with Crippen LogP contribution in [0.2, 0.25) is 0 Å². The van der Waals surface area contributed by atoms with Crippen LogP contribution in [0.4, 0.5) is 5.95 Å². The predicted octanol–water partition coefficient (Wildman–Crippen LogP) is 4.50. The Bertz CT molecular complexity index is 528. The van der Waals surface area contributed by atoms with Gasteiger partial charge in [-0.25, -0.2) is 4.98 Å². The molecule has 0 spiro atoms. The molecule has 0 atom stereocenters. The number of nitrogens with one attached hydrogen (secondary N) is 1. The molecule has 3 rings (SSSR count). The van der Waals surface area contributed by atoms with Crippen LogP contribution < -0.4 is 5.32 Å². The monoisotopic (exact) mass is 339 g/mol.